The van der Waals surface area contributed by atoms with E-state index in [9.17, 15) is 4.79 Å². The van der Waals surface area contributed by atoms with Crippen molar-refractivity contribution in [1.29, 1.82) is 0 Å². The molecule has 2 aromatic carbocycles. The molecule has 3 rings (SSSR count). The van der Waals surface area contributed by atoms with Crippen LogP contribution < -0.4 is 14.4 Å². The second-order valence-electron chi connectivity index (χ2n) is 7.54. The molecule has 0 atom stereocenters. The van der Waals surface area contributed by atoms with Crippen molar-refractivity contribution in [2.24, 2.45) is 0 Å². The highest BCUT2D eigenvalue weighted by Gasteiger charge is 2.21. The second-order valence-corrected chi connectivity index (χ2v) is 7.54. The molecule has 0 N–H and O–H groups in total. The lowest BCUT2D eigenvalue weighted by molar-refractivity contribution is -0.129. The first-order valence-electron chi connectivity index (χ1n) is 9.73. The molecular formula is C23H30N2O3. The fourth-order valence-electron chi connectivity index (χ4n) is 3.79. The summed E-state index contributed by atoms with van der Waals surface area (Å²) >= 11 is 0. The summed E-state index contributed by atoms with van der Waals surface area (Å²) in [5, 5.41) is 0. The van der Waals surface area contributed by atoms with E-state index in [1.165, 1.54) is 16.8 Å². The minimum absolute atomic E-state index is 0.114. The zero-order valence-corrected chi connectivity index (χ0v) is 17.5. The predicted octanol–water partition coefficient (Wildman–Crippen LogP) is 3.73. The number of methoxy groups -OCH3 is 2. The molecule has 1 aliphatic rings. The van der Waals surface area contributed by atoms with Crippen LogP contribution in [0, 0.1) is 13.8 Å². The molecule has 28 heavy (non-hydrogen) atoms. The highest BCUT2D eigenvalue weighted by atomic mass is 16.5. The average molecular weight is 383 g/mol. The van der Waals surface area contributed by atoms with Crippen LogP contribution in [0.15, 0.2) is 30.3 Å². The van der Waals surface area contributed by atoms with Gasteiger partial charge in [-0.05, 0) is 61.6 Å². The maximum absolute atomic E-state index is 12.9. The van der Waals surface area contributed by atoms with Crippen LogP contribution in [0.3, 0.4) is 0 Å². The quantitative estimate of drug-likeness (QED) is 0.763. The van der Waals surface area contributed by atoms with E-state index in [1.807, 2.05) is 26.1 Å². The molecule has 1 aliphatic heterocycles. The number of likely N-dealkylation sites (N-methyl/N-ethyl adjacent to an activating group) is 1. The van der Waals surface area contributed by atoms with E-state index in [4.69, 9.17) is 9.47 Å². The summed E-state index contributed by atoms with van der Waals surface area (Å²) in [5.74, 6) is 1.50. The summed E-state index contributed by atoms with van der Waals surface area (Å²) in [6.07, 6.45) is 2.17. The Morgan fingerprint density at radius 1 is 1.11 bits per heavy atom. The summed E-state index contributed by atoms with van der Waals surface area (Å²) in [7, 11) is 5.12. The first-order valence-corrected chi connectivity index (χ1v) is 9.73. The molecule has 150 valence electrons. The van der Waals surface area contributed by atoms with Crippen LogP contribution in [0.2, 0.25) is 0 Å². The number of nitrogens with zero attached hydrogens (tertiary/aromatic N) is 2. The molecule has 1 heterocycles. The van der Waals surface area contributed by atoms with E-state index >= 15 is 0 Å². The number of amides is 1. The number of hydrogen-bond donors (Lipinski definition) is 0. The number of anilines is 1. The number of hydrogen-bond acceptors (Lipinski definition) is 4. The third kappa shape index (κ3) is 4.24. The van der Waals surface area contributed by atoms with Gasteiger partial charge in [-0.3, -0.25) is 4.79 Å². The molecule has 0 saturated heterocycles. The largest absolute Gasteiger partial charge is 0.493 e. The van der Waals surface area contributed by atoms with Gasteiger partial charge in [0.1, 0.15) is 0 Å². The predicted molar refractivity (Wildman–Crippen MR) is 112 cm³/mol. The normalized spacial score (nSPS) is 13.1. The van der Waals surface area contributed by atoms with Crippen molar-refractivity contribution >= 4 is 11.6 Å². The number of carbonyl (C=O) groups excluding carboxylic acids is 1. The van der Waals surface area contributed by atoms with Crippen molar-refractivity contribution in [2.45, 2.75) is 33.2 Å². The van der Waals surface area contributed by atoms with Gasteiger partial charge in [-0.1, -0.05) is 17.7 Å². The molecule has 0 saturated carbocycles. The molecular weight excluding hydrogens is 352 g/mol. The first-order chi connectivity index (χ1) is 13.4. The number of carbonyl (C=O) groups is 1. The zero-order valence-electron chi connectivity index (χ0n) is 17.5. The maximum Gasteiger partial charge on any atom is 0.242 e. The highest BCUT2D eigenvalue weighted by molar-refractivity contribution is 5.82. The lowest BCUT2D eigenvalue weighted by Gasteiger charge is -2.32. The fraction of sp³-hybridized carbons (Fsp3) is 0.435. The molecule has 0 spiro atoms. The summed E-state index contributed by atoms with van der Waals surface area (Å²) in [5.41, 5.74) is 5.95. The van der Waals surface area contributed by atoms with E-state index in [-0.39, 0.29) is 5.91 Å². The SMILES string of the molecule is COc1cc(C)c(CN(C)C(=O)CN2CCCc3cc(C)ccc32)cc1OC. The third-order valence-corrected chi connectivity index (χ3v) is 5.45. The van der Waals surface area contributed by atoms with E-state index in [1.54, 1.807) is 19.1 Å². The minimum Gasteiger partial charge on any atom is -0.493 e. The molecule has 0 bridgehead atoms. The summed E-state index contributed by atoms with van der Waals surface area (Å²) in [6.45, 7) is 6.01. The molecule has 2 aromatic rings. The number of ether oxygens (including phenoxy) is 2. The minimum atomic E-state index is 0.114. The van der Waals surface area contributed by atoms with Gasteiger partial charge in [-0.25, -0.2) is 0 Å². The van der Waals surface area contributed by atoms with Gasteiger partial charge in [-0.15, -0.1) is 0 Å². The Balaban J connectivity index is 1.71. The summed E-state index contributed by atoms with van der Waals surface area (Å²) < 4.78 is 10.8. The van der Waals surface area contributed by atoms with Crippen molar-refractivity contribution in [3.63, 3.8) is 0 Å². The van der Waals surface area contributed by atoms with Gasteiger partial charge < -0.3 is 19.3 Å². The Labute approximate surface area is 167 Å². The Bertz CT molecular complexity index is 863. The lowest BCUT2D eigenvalue weighted by atomic mass is 9.99. The van der Waals surface area contributed by atoms with Crippen LogP contribution in [0.4, 0.5) is 5.69 Å². The van der Waals surface area contributed by atoms with Gasteiger partial charge in [-0.2, -0.15) is 0 Å². The van der Waals surface area contributed by atoms with Crippen molar-refractivity contribution in [1.82, 2.24) is 4.90 Å². The van der Waals surface area contributed by atoms with E-state index in [2.05, 4.69) is 30.0 Å². The average Bonchev–Trinajstić information content (AvgIpc) is 2.68. The van der Waals surface area contributed by atoms with Crippen molar-refractivity contribution in [3.8, 4) is 11.5 Å². The number of fused-ring (bicyclic) bond motifs is 1. The molecule has 0 aromatic heterocycles. The molecule has 0 fully saturated rings. The Hall–Kier alpha value is -2.69. The molecule has 0 aliphatic carbocycles. The molecule has 5 heteroatoms. The topological polar surface area (TPSA) is 42.0 Å². The molecule has 5 nitrogen and oxygen atoms in total. The Kier molecular flexibility index (Phi) is 6.12. The third-order valence-electron chi connectivity index (χ3n) is 5.45. The van der Waals surface area contributed by atoms with Crippen LogP contribution in [0.5, 0.6) is 11.5 Å². The van der Waals surface area contributed by atoms with Gasteiger partial charge in [0.25, 0.3) is 0 Å². The van der Waals surface area contributed by atoms with Crippen LogP contribution in [-0.4, -0.2) is 45.2 Å². The van der Waals surface area contributed by atoms with Crippen LogP contribution >= 0.6 is 0 Å². The maximum atomic E-state index is 12.9. The summed E-state index contributed by atoms with van der Waals surface area (Å²) in [4.78, 5) is 16.9. The van der Waals surface area contributed by atoms with Gasteiger partial charge in [0.2, 0.25) is 5.91 Å². The molecule has 0 radical (unpaired) electrons. The molecule has 0 unspecified atom stereocenters. The van der Waals surface area contributed by atoms with E-state index in [0.717, 1.165) is 30.5 Å². The smallest absolute Gasteiger partial charge is 0.242 e. The van der Waals surface area contributed by atoms with E-state index in [0.29, 0.717) is 24.6 Å². The number of rotatable bonds is 6. The summed E-state index contributed by atoms with van der Waals surface area (Å²) in [6, 6.07) is 10.4. The van der Waals surface area contributed by atoms with Crippen LogP contribution in [-0.2, 0) is 17.8 Å². The Morgan fingerprint density at radius 3 is 2.54 bits per heavy atom. The monoisotopic (exact) mass is 382 g/mol. The van der Waals surface area contributed by atoms with Gasteiger partial charge in [0, 0.05) is 25.8 Å². The van der Waals surface area contributed by atoms with E-state index < -0.39 is 0 Å². The zero-order chi connectivity index (χ0) is 20.3. The second kappa shape index (κ2) is 8.55. The first kappa shape index (κ1) is 20.1. The highest BCUT2D eigenvalue weighted by Crippen LogP contribution is 2.31. The lowest BCUT2D eigenvalue weighted by Crippen LogP contribution is -2.40. The van der Waals surface area contributed by atoms with Crippen molar-refractivity contribution in [2.75, 3.05) is 39.3 Å². The van der Waals surface area contributed by atoms with Crippen LogP contribution in [0.25, 0.3) is 0 Å². The van der Waals surface area contributed by atoms with Gasteiger partial charge in [0.05, 0.1) is 20.8 Å². The van der Waals surface area contributed by atoms with Gasteiger partial charge >= 0.3 is 0 Å². The van der Waals surface area contributed by atoms with Crippen molar-refractivity contribution in [3.05, 3.63) is 52.6 Å². The number of benzene rings is 2. The van der Waals surface area contributed by atoms with Crippen LogP contribution in [0.1, 0.15) is 28.7 Å². The fourth-order valence-corrected chi connectivity index (χ4v) is 3.79. The Morgan fingerprint density at radius 2 is 1.82 bits per heavy atom. The van der Waals surface area contributed by atoms with Gasteiger partial charge in [0.15, 0.2) is 11.5 Å². The number of aryl methyl sites for hydroxylation is 3. The standard InChI is InChI=1S/C23H30N2O3/c1-16-8-9-20-18(11-16)7-6-10-25(20)15-23(26)24(3)14-19-13-22(28-5)21(27-4)12-17(19)2/h8-9,11-13H,6-7,10,14-15H2,1-5H3. The van der Waals surface area contributed by atoms with Crippen molar-refractivity contribution < 1.29 is 14.3 Å². The molecule has 1 amide bonds.